The molecule has 1 atom stereocenters. The SMILES string of the molecule is Cc1nc(-c2ccccc2NC(=O)C2CCCCN2c2ccc(-c3ccccc3)nn2)cs1. The van der Waals surface area contributed by atoms with Crippen molar-refractivity contribution in [1.29, 1.82) is 0 Å². The van der Waals surface area contributed by atoms with Gasteiger partial charge in [0.05, 0.1) is 22.1 Å². The summed E-state index contributed by atoms with van der Waals surface area (Å²) in [5.41, 5.74) is 4.45. The van der Waals surface area contributed by atoms with Gasteiger partial charge in [0.1, 0.15) is 6.04 Å². The normalized spacial score (nSPS) is 15.9. The second-order valence-corrected chi connectivity index (χ2v) is 9.20. The van der Waals surface area contributed by atoms with Crippen LogP contribution in [0.5, 0.6) is 0 Å². The molecule has 1 aliphatic rings. The van der Waals surface area contributed by atoms with Crippen LogP contribution in [0.1, 0.15) is 24.3 Å². The number of carbonyl (C=O) groups excluding carboxylic acids is 1. The average molecular weight is 456 g/mol. The molecule has 4 aromatic rings. The number of aromatic nitrogens is 3. The largest absolute Gasteiger partial charge is 0.343 e. The Morgan fingerprint density at radius 3 is 2.55 bits per heavy atom. The predicted molar refractivity (Wildman–Crippen MR) is 133 cm³/mol. The van der Waals surface area contributed by atoms with E-state index in [1.165, 1.54) is 0 Å². The van der Waals surface area contributed by atoms with Gasteiger partial charge in [-0.3, -0.25) is 4.79 Å². The first kappa shape index (κ1) is 21.3. The highest BCUT2D eigenvalue weighted by atomic mass is 32.1. The van der Waals surface area contributed by atoms with Crippen LogP contribution in [0.4, 0.5) is 11.5 Å². The summed E-state index contributed by atoms with van der Waals surface area (Å²) >= 11 is 1.60. The quantitative estimate of drug-likeness (QED) is 0.426. The Balaban J connectivity index is 1.37. The molecule has 0 saturated carbocycles. The molecule has 1 saturated heterocycles. The van der Waals surface area contributed by atoms with E-state index in [4.69, 9.17) is 0 Å². The van der Waals surface area contributed by atoms with Crippen LogP contribution >= 0.6 is 11.3 Å². The molecule has 2 aromatic heterocycles. The maximum atomic E-state index is 13.4. The summed E-state index contributed by atoms with van der Waals surface area (Å²) in [6.07, 6.45) is 2.82. The molecule has 5 rings (SSSR count). The van der Waals surface area contributed by atoms with E-state index in [1.54, 1.807) is 11.3 Å². The van der Waals surface area contributed by atoms with Gasteiger partial charge in [-0.15, -0.1) is 21.5 Å². The number of thiazole rings is 1. The van der Waals surface area contributed by atoms with Crippen LogP contribution < -0.4 is 10.2 Å². The van der Waals surface area contributed by atoms with Gasteiger partial charge in [0.2, 0.25) is 5.91 Å². The van der Waals surface area contributed by atoms with Crippen LogP contribution in [0, 0.1) is 6.92 Å². The van der Waals surface area contributed by atoms with E-state index in [0.717, 1.165) is 64.8 Å². The van der Waals surface area contributed by atoms with Crippen LogP contribution in [-0.2, 0) is 4.79 Å². The standard InChI is InChI=1S/C26H25N5OS/c1-18-27-23(17-33-18)20-11-5-6-12-22(20)28-26(32)24-13-7-8-16-31(24)25-15-14-21(29-30-25)19-9-3-2-4-10-19/h2-6,9-12,14-15,17,24H,7-8,13,16H2,1H3,(H,28,32). The van der Waals surface area contributed by atoms with Crippen molar-refractivity contribution in [3.8, 4) is 22.5 Å². The molecule has 1 N–H and O–H groups in total. The van der Waals surface area contributed by atoms with Crippen molar-refractivity contribution < 1.29 is 4.79 Å². The molecular formula is C26H25N5OS. The first-order valence-corrected chi connectivity index (χ1v) is 12.1. The van der Waals surface area contributed by atoms with Crippen molar-refractivity contribution in [3.63, 3.8) is 0 Å². The highest BCUT2D eigenvalue weighted by molar-refractivity contribution is 7.09. The zero-order valence-corrected chi connectivity index (χ0v) is 19.3. The molecule has 33 heavy (non-hydrogen) atoms. The van der Waals surface area contributed by atoms with Gasteiger partial charge in [-0.1, -0.05) is 48.5 Å². The number of hydrogen-bond donors (Lipinski definition) is 1. The number of nitrogens with one attached hydrogen (secondary N) is 1. The van der Waals surface area contributed by atoms with E-state index < -0.39 is 0 Å². The second kappa shape index (κ2) is 9.50. The number of aryl methyl sites for hydroxylation is 1. The molecule has 0 aliphatic carbocycles. The van der Waals surface area contributed by atoms with Crippen LogP contribution in [0.15, 0.2) is 72.1 Å². The van der Waals surface area contributed by atoms with E-state index in [-0.39, 0.29) is 11.9 Å². The number of hydrogen-bond acceptors (Lipinski definition) is 6. The molecular weight excluding hydrogens is 430 g/mol. The molecule has 166 valence electrons. The Labute approximate surface area is 197 Å². The summed E-state index contributed by atoms with van der Waals surface area (Å²) in [6.45, 7) is 2.77. The Morgan fingerprint density at radius 2 is 1.79 bits per heavy atom. The van der Waals surface area contributed by atoms with Crippen LogP contribution in [-0.4, -0.2) is 33.7 Å². The lowest BCUT2D eigenvalue weighted by Crippen LogP contribution is -2.47. The molecule has 1 amide bonds. The van der Waals surface area contributed by atoms with Gasteiger partial charge in [-0.05, 0) is 44.4 Å². The highest BCUT2D eigenvalue weighted by Crippen LogP contribution is 2.30. The zero-order valence-electron chi connectivity index (χ0n) is 18.4. The number of para-hydroxylation sites is 1. The van der Waals surface area contributed by atoms with Gasteiger partial charge in [-0.25, -0.2) is 4.98 Å². The first-order valence-electron chi connectivity index (χ1n) is 11.2. The van der Waals surface area contributed by atoms with Gasteiger partial charge >= 0.3 is 0 Å². The average Bonchev–Trinajstić information content (AvgIpc) is 3.31. The zero-order chi connectivity index (χ0) is 22.6. The third-order valence-corrected chi connectivity index (χ3v) is 6.67. The number of anilines is 2. The summed E-state index contributed by atoms with van der Waals surface area (Å²) in [5.74, 6) is 0.709. The maximum absolute atomic E-state index is 13.4. The van der Waals surface area contributed by atoms with Crippen LogP contribution in [0.25, 0.3) is 22.5 Å². The van der Waals surface area contributed by atoms with Gasteiger partial charge in [0.15, 0.2) is 5.82 Å². The molecule has 0 bridgehead atoms. The fourth-order valence-corrected chi connectivity index (χ4v) is 4.85. The number of rotatable bonds is 5. The summed E-state index contributed by atoms with van der Waals surface area (Å²) < 4.78 is 0. The molecule has 7 heteroatoms. The molecule has 6 nitrogen and oxygen atoms in total. The molecule has 0 radical (unpaired) electrons. The van der Waals surface area contributed by atoms with Gasteiger partial charge in [0.25, 0.3) is 0 Å². The minimum absolute atomic E-state index is 0.0250. The summed E-state index contributed by atoms with van der Waals surface area (Å²) in [5, 5.41) is 15.1. The van der Waals surface area contributed by atoms with Crippen molar-refractivity contribution in [2.24, 2.45) is 0 Å². The second-order valence-electron chi connectivity index (χ2n) is 8.13. The van der Waals surface area contributed by atoms with Gasteiger partial charge in [0, 0.05) is 23.1 Å². The van der Waals surface area contributed by atoms with Crippen LogP contribution in [0.2, 0.25) is 0 Å². The lowest BCUT2D eigenvalue weighted by atomic mass is 10.0. The van der Waals surface area contributed by atoms with Crippen molar-refractivity contribution in [1.82, 2.24) is 15.2 Å². The molecule has 2 aromatic carbocycles. The minimum Gasteiger partial charge on any atom is -0.343 e. The van der Waals surface area contributed by atoms with Crippen molar-refractivity contribution in [2.45, 2.75) is 32.2 Å². The molecule has 1 aliphatic heterocycles. The van der Waals surface area contributed by atoms with E-state index in [1.807, 2.05) is 79.0 Å². The van der Waals surface area contributed by atoms with Crippen LogP contribution in [0.3, 0.4) is 0 Å². The smallest absolute Gasteiger partial charge is 0.247 e. The van der Waals surface area contributed by atoms with Crippen molar-refractivity contribution in [3.05, 3.63) is 77.1 Å². The van der Waals surface area contributed by atoms with Gasteiger partial charge < -0.3 is 10.2 Å². The highest BCUT2D eigenvalue weighted by Gasteiger charge is 2.30. The summed E-state index contributed by atoms with van der Waals surface area (Å²) in [7, 11) is 0. The summed E-state index contributed by atoms with van der Waals surface area (Å²) in [4.78, 5) is 20.1. The number of carbonyl (C=O) groups is 1. The molecule has 0 spiro atoms. The van der Waals surface area contributed by atoms with Crippen molar-refractivity contribution >= 4 is 28.7 Å². The topological polar surface area (TPSA) is 71.0 Å². The number of benzene rings is 2. The Hall–Kier alpha value is -3.58. The van der Waals surface area contributed by atoms with Crippen molar-refractivity contribution in [2.75, 3.05) is 16.8 Å². The molecule has 1 fully saturated rings. The monoisotopic (exact) mass is 455 g/mol. The first-order chi connectivity index (χ1) is 16.2. The number of amides is 1. The van der Waals surface area contributed by atoms with E-state index in [9.17, 15) is 4.79 Å². The lowest BCUT2D eigenvalue weighted by Gasteiger charge is -2.35. The third kappa shape index (κ3) is 4.64. The Bertz CT molecular complexity index is 1240. The fourth-order valence-electron chi connectivity index (χ4n) is 4.24. The minimum atomic E-state index is -0.291. The molecule has 3 heterocycles. The van der Waals surface area contributed by atoms with E-state index >= 15 is 0 Å². The maximum Gasteiger partial charge on any atom is 0.247 e. The number of nitrogens with zero attached hydrogens (tertiary/aromatic N) is 4. The molecule has 1 unspecified atom stereocenters. The summed E-state index contributed by atoms with van der Waals surface area (Å²) in [6, 6.07) is 21.5. The lowest BCUT2D eigenvalue weighted by molar-refractivity contribution is -0.117. The van der Waals surface area contributed by atoms with E-state index in [0.29, 0.717) is 0 Å². The Morgan fingerprint density at radius 1 is 0.970 bits per heavy atom. The van der Waals surface area contributed by atoms with E-state index in [2.05, 4.69) is 25.4 Å². The predicted octanol–water partition coefficient (Wildman–Crippen LogP) is 5.57. The number of piperidine rings is 1. The third-order valence-electron chi connectivity index (χ3n) is 5.90. The van der Waals surface area contributed by atoms with Gasteiger partial charge in [-0.2, -0.15) is 0 Å². The fraction of sp³-hybridized carbons (Fsp3) is 0.231. The Kier molecular flexibility index (Phi) is 6.13.